The highest BCUT2D eigenvalue weighted by atomic mass is 35.5. The molecule has 0 spiro atoms. The molecule has 0 atom stereocenters. The Morgan fingerprint density at radius 1 is 1.11 bits per heavy atom. The summed E-state index contributed by atoms with van der Waals surface area (Å²) in [6.07, 6.45) is 2.95. The van der Waals surface area contributed by atoms with Crippen molar-refractivity contribution < 1.29 is 14.3 Å². The minimum atomic E-state index is -0.306. The molecule has 1 amide bonds. The van der Waals surface area contributed by atoms with Crippen molar-refractivity contribution in [3.05, 3.63) is 70.6 Å². The van der Waals surface area contributed by atoms with Gasteiger partial charge in [0.15, 0.2) is 11.5 Å². The standard InChI is InChI=1S/C20H17ClN4O3/c1-12-6-14(21)3-4-15(12)25-19-10-22-16(9-23-19)20(26)24-8-13-2-5-17-18(7-13)28-11-27-17/h2-7,9-10H,8,11H2,1H3,(H,23,25)(H,24,26). The highest BCUT2D eigenvalue weighted by molar-refractivity contribution is 6.30. The molecule has 1 aromatic heterocycles. The van der Waals surface area contributed by atoms with E-state index in [1.165, 1.54) is 12.4 Å². The SMILES string of the molecule is Cc1cc(Cl)ccc1Nc1cnc(C(=O)NCc2ccc3c(c2)OCO3)cn1. The van der Waals surface area contributed by atoms with Gasteiger partial charge in [-0.15, -0.1) is 0 Å². The van der Waals surface area contributed by atoms with E-state index in [9.17, 15) is 4.79 Å². The molecule has 0 aliphatic carbocycles. The van der Waals surface area contributed by atoms with Crippen molar-refractivity contribution in [2.75, 3.05) is 12.1 Å². The lowest BCUT2D eigenvalue weighted by molar-refractivity contribution is 0.0945. The van der Waals surface area contributed by atoms with E-state index >= 15 is 0 Å². The van der Waals surface area contributed by atoms with Gasteiger partial charge in [0.05, 0.1) is 12.4 Å². The smallest absolute Gasteiger partial charge is 0.271 e. The number of hydrogen-bond acceptors (Lipinski definition) is 6. The zero-order valence-electron chi connectivity index (χ0n) is 15.0. The predicted molar refractivity (Wildman–Crippen MR) is 105 cm³/mol. The average molecular weight is 397 g/mol. The summed E-state index contributed by atoms with van der Waals surface area (Å²) >= 11 is 5.96. The van der Waals surface area contributed by atoms with Crippen LogP contribution in [0.2, 0.25) is 5.02 Å². The first-order chi connectivity index (χ1) is 13.6. The number of amides is 1. The van der Waals surface area contributed by atoms with Crippen molar-refractivity contribution in [3.8, 4) is 11.5 Å². The molecule has 0 fully saturated rings. The van der Waals surface area contributed by atoms with Gasteiger partial charge in [0.1, 0.15) is 11.5 Å². The molecular weight excluding hydrogens is 380 g/mol. The molecule has 0 saturated carbocycles. The van der Waals surface area contributed by atoms with Crippen LogP contribution in [0.15, 0.2) is 48.8 Å². The quantitative estimate of drug-likeness (QED) is 0.681. The third-order valence-corrected chi connectivity index (χ3v) is 4.46. The topological polar surface area (TPSA) is 85.4 Å². The maximum atomic E-state index is 12.3. The molecule has 1 aliphatic rings. The molecule has 2 heterocycles. The number of ether oxygens (including phenoxy) is 2. The fraction of sp³-hybridized carbons (Fsp3) is 0.150. The van der Waals surface area contributed by atoms with Gasteiger partial charge in [-0.25, -0.2) is 9.97 Å². The van der Waals surface area contributed by atoms with Gasteiger partial charge in [0, 0.05) is 17.3 Å². The third-order valence-electron chi connectivity index (χ3n) is 4.23. The Morgan fingerprint density at radius 3 is 2.75 bits per heavy atom. The number of carbonyl (C=O) groups excluding carboxylic acids is 1. The highest BCUT2D eigenvalue weighted by Gasteiger charge is 2.14. The summed E-state index contributed by atoms with van der Waals surface area (Å²) in [5, 5.41) is 6.65. The van der Waals surface area contributed by atoms with Gasteiger partial charge in [0.25, 0.3) is 5.91 Å². The van der Waals surface area contributed by atoms with Crippen molar-refractivity contribution in [1.82, 2.24) is 15.3 Å². The molecule has 0 saturated heterocycles. The number of halogens is 1. The number of benzene rings is 2. The van der Waals surface area contributed by atoms with Gasteiger partial charge in [-0.05, 0) is 48.4 Å². The minimum absolute atomic E-state index is 0.219. The number of hydrogen-bond donors (Lipinski definition) is 2. The molecule has 1 aliphatic heterocycles. The monoisotopic (exact) mass is 396 g/mol. The van der Waals surface area contributed by atoms with E-state index in [0.717, 1.165) is 16.8 Å². The number of carbonyl (C=O) groups is 1. The fourth-order valence-corrected chi connectivity index (χ4v) is 2.97. The lowest BCUT2D eigenvalue weighted by atomic mass is 10.2. The number of rotatable bonds is 5. The molecule has 2 aromatic carbocycles. The highest BCUT2D eigenvalue weighted by Crippen LogP contribution is 2.32. The summed E-state index contributed by atoms with van der Waals surface area (Å²) in [6, 6.07) is 11.1. The summed E-state index contributed by atoms with van der Waals surface area (Å²) < 4.78 is 10.6. The van der Waals surface area contributed by atoms with Crippen LogP contribution in [-0.2, 0) is 6.54 Å². The van der Waals surface area contributed by atoms with E-state index in [1.807, 2.05) is 37.3 Å². The van der Waals surface area contributed by atoms with Crippen LogP contribution >= 0.6 is 11.6 Å². The summed E-state index contributed by atoms with van der Waals surface area (Å²) in [6.45, 7) is 2.51. The second kappa shape index (κ2) is 7.74. The molecule has 8 heteroatoms. The second-order valence-corrected chi connectivity index (χ2v) is 6.68. The molecule has 4 rings (SSSR count). The van der Waals surface area contributed by atoms with E-state index in [1.54, 1.807) is 6.07 Å². The zero-order chi connectivity index (χ0) is 19.5. The molecule has 3 aromatic rings. The molecular formula is C20H17ClN4O3. The molecule has 28 heavy (non-hydrogen) atoms. The second-order valence-electron chi connectivity index (χ2n) is 6.24. The van der Waals surface area contributed by atoms with Crippen LogP contribution in [0.4, 0.5) is 11.5 Å². The Balaban J connectivity index is 1.37. The molecule has 7 nitrogen and oxygen atoms in total. The van der Waals surface area contributed by atoms with Gasteiger partial charge in [-0.1, -0.05) is 17.7 Å². The Labute approximate surface area is 166 Å². The number of fused-ring (bicyclic) bond motifs is 1. The van der Waals surface area contributed by atoms with E-state index in [0.29, 0.717) is 28.9 Å². The predicted octanol–water partition coefficient (Wildman–Crippen LogP) is 3.84. The fourth-order valence-electron chi connectivity index (χ4n) is 2.74. The van der Waals surface area contributed by atoms with Gasteiger partial charge < -0.3 is 20.1 Å². The van der Waals surface area contributed by atoms with Crippen LogP contribution < -0.4 is 20.1 Å². The van der Waals surface area contributed by atoms with E-state index in [2.05, 4.69) is 20.6 Å². The number of aryl methyl sites for hydroxylation is 1. The lowest BCUT2D eigenvalue weighted by Gasteiger charge is -2.09. The number of nitrogens with zero attached hydrogens (tertiary/aromatic N) is 2. The molecule has 0 radical (unpaired) electrons. The van der Waals surface area contributed by atoms with Crippen LogP contribution in [0.1, 0.15) is 21.6 Å². The van der Waals surface area contributed by atoms with Gasteiger partial charge in [0.2, 0.25) is 6.79 Å². The normalized spacial score (nSPS) is 11.9. The van der Waals surface area contributed by atoms with Crippen LogP contribution in [0, 0.1) is 6.92 Å². The zero-order valence-corrected chi connectivity index (χ0v) is 15.8. The van der Waals surface area contributed by atoms with Crippen molar-refractivity contribution >= 4 is 29.0 Å². The Morgan fingerprint density at radius 2 is 1.96 bits per heavy atom. The summed E-state index contributed by atoms with van der Waals surface area (Å²) in [4.78, 5) is 20.7. The van der Waals surface area contributed by atoms with Gasteiger partial charge >= 0.3 is 0 Å². The van der Waals surface area contributed by atoms with Crippen LogP contribution in [0.3, 0.4) is 0 Å². The number of aromatic nitrogens is 2. The number of anilines is 2. The molecule has 2 N–H and O–H groups in total. The number of nitrogens with one attached hydrogen (secondary N) is 2. The van der Waals surface area contributed by atoms with E-state index in [-0.39, 0.29) is 18.4 Å². The minimum Gasteiger partial charge on any atom is -0.454 e. The van der Waals surface area contributed by atoms with Gasteiger partial charge in [-0.2, -0.15) is 0 Å². The van der Waals surface area contributed by atoms with Crippen molar-refractivity contribution in [3.63, 3.8) is 0 Å². The van der Waals surface area contributed by atoms with Gasteiger partial charge in [-0.3, -0.25) is 4.79 Å². The summed E-state index contributed by atoms with van der Waals surface area (Å²) in [5.74, 6) is 1.62. The largest absolute Gasteiger partial charge is 0.454 e. The Kier molecular flexibility index (Phi) is 4.99. The average Bonchev–Trinajstić information content (AvgIpc) is 3.17. The van der Waals surface area contributed by atoms with Crippen LogP contribution in [-0.4, -0.2) is 22.7 Å². The van der Waals surface area contributed by atoms with Crippen molar-refractivity contribution in [2.24, 2.45) is 0 Å². The first-order valence-electron chi connectivity index (χ1n) is 8.60. The first kappa shape index (κ1) is 18.1. The van der Waals surface area contributed by atoms with Crippen LogP contribution in [0.5, 0.6) is 11.5 Å². The summed E-state index contributed by atoms with van der Waals surface area (Å²) in [5.41, 5.74) is 3.00. The van der Waals surface area contributed by atoms with Crippen molar-refractivity contribution in [1.29, 1.82) is 0 Å². The van der Waals surface area contributed by atoms with E-state index < -0.39 is 0 Å². The van der Waals surface area contributed by atoms with Crippen LogP contribution in [0.25, 0.3) is 0 Å². The lowest BCUT2D eigenvalue weighted by Crippen LogP contribution is -2.24. The summed E-state index contributed by atoms with van der Waals surface area (Å²) in [7, 11) is 0. The Bertz CT molecular complexity index is 1020. The maximum absolute atomic E-state index is 12.3. The van der Waals surface area contributed by atoms with Crippen molar-refractivity contribution in [2.45, 2.75) is 13.5 Å². The molecule has 142 valence electrons. The first-order valence-corrected chi connectivity index (χ1v) is 8.98. The maximum Gasteiger partial charge on any atom is 0.271 e. The molecule has 0 bridgehead atoms. The Hall–Kier alpha value is -3.32. The molecule has 0 unspecified atom stereocenters. The third kappa shape index (κ3) is 3.99. The van der Waals surface area contributed by atoms with E-state index in [4.69, 9.17) is 21.1 Å².